The predicted octanol–water partition coefficient (Wildman–Crippen LogP) is -1.04. The topological polar surface area (TPSA) is 99.2 Å². The highest BCUT2D eigenvalue weighted by atomic mass is 16.5. The second kappa shape index (κ2) is 6.93. The minimum Gasteiger partial charge on any atom is -0.480 e. The highest BCUT2D eigenvalue weighted by molar-refractivity contribution is 5.87. The lowest BCUT2D eigenvalue weighted by Crippen LogP contribution is -2.56. The van der Waals surface area contributed by atoms with Gasteiger partial charge in [0.05, 0.1) is 0 Å². The molecule has 0 aliphatic carbocycles. The maximum absolute atomic E-state index is 11.9. The number of urea groups is 1. The zero-order valence-corrected chi connectivity index (χ0v) is 11.1. The first-order valence-electron chi connectivity index (χ1n) is 5.97. The van der Waals surface area contributed by atoms with Crippen molar-refractivity contribution in [2.45, 2.75) is 12.5 Å². The fourth-order valence-corrected chi connectivity index (χ4v) is 1.67. The molecule has 0 aromatic carbocycles. The van der Waals surface area contributed by atoms with E-state index < -0.39 is 18.0 Å². The number of methoxy groups -OCH3 is 1. The molecule has 19 heavy (non-hydrogen) atoms. The summed E-state index contributed by atoms with van der Waals surface area (Å²) in [4.78, 5) is 37.2. The molecule has 1 saturated heterocycles. The molecule has 108 valence electrons. The number of hydrogen-bond acceptors (Lipinski definition) is 4. The molecule has 1 rings (SSSR count). The molecule has 1 heterocycles. The number of rotatable bonds is 5. The highest BCUT2D eigenvalue weighted by Crippen LogP contribution is 2.03. The van der Waals surface area contributed by atoms with Crippen LogP contribution in [-0.2, 0) is 14.3 Å². The van der Waals surface area contributed by atoms with Crippen molar-refractivity contribution in [3.05, 3.63) is 0 Å². The van der Waals surface area contributed by atoms with E-state index in [0.29, 0.717) is 13.1 Å². The molecule has 1 fully saturated rings. The van der Waals surface area contributed by atoms with Crippen LogP contribution in [0.3, 0.4) is 0 Å². The molecule has 1 aliphatic rings. The molecule has 0 saturated carbocycles. The summed E-state index contributed by atoms with van der Waals surface area (Å²) in [5.41, 5.74) is 0. The van der Waals surface area contributed by atoms with Crippen molar-refractivity contribution in [1.82, 2.24) is 15.1 Å². The minimum absolute atomic E-state index is 0.0288. The van der Waals surface area contributed by atoms with Crippen LogP contribution in [0.25, 0.3) is 0 Å². The first kappa shape index (κ1) is 15.2. The average molecular weight is 273 g/mol. The van der Waals surface area contributed by atoms with Gasteiger partial charge in [0.1, 0.15) is 12.6 Å². The number of carboxylic acid groups (broad SMARTS) is 1. The Morgan fingerprint density at radius 1 is 1.47 bits per heavy atom. The maximum atomic E-state index is 11.9. The molecule has 1 atom stereocenters. The Morgan fingerprint density at radius 3 is 2.68 bits per heavy atom. The van der Waals surface area contributed by atoms with Crippen molar-refractivity contribution in [2.75, 3.05) is 40.4 Å². The van der Waals surface area contributed by atoms with Crippen LogP contribution in [0.2, 0.25) is 0 Å². The smallest absolute Gasteiger partial charge is 0.326 e. The summed E-state index contributed by atoms with van der Waals surface area (Å²) in [5.74, 6) is -1.28. The molecule has 0 spiro atoms. The molecule has 1 aliphatic heterocycles. The van der Waals surface area contributed by atoms with E-state index in [2.05, 4.69) is 5.32 Å². The van der Waals surface area contributed by atoms with E-state index in [1.54, 1.807) is 7.05 Å². The van der Waals surface area contributed by atoms with Crippen LogP contribution in [0.4, 0.5) is 4.79 Å². The van der Waals surface area contributed by atoms with Crippen molar-refractivity contribution in [3.63, 3.8) is 0 Å². The SMILES string of the molecule is COCCC(NC(=O)N1CCN(C)C(=O)C1)C(=O)O. The Labute approximate surface area is 111 Å². The van der Waals surface area contributed by atoms with Crippen molar-refractivity contribution >= 4 is 17.9 Å². The largest absolute Gasteiger partial charge is 0.480 e. The quantitative estimate of drug-likeness (QED) is 0.666. The predicted molar refractivity (Wildman–Crippen MR) is 65.7 cm³/mol. The van der Waals surface area contributed by atoms with Gasteiger partial charge in [-0.1, -0.05) is 0 Å². The highest BCUT2D eigenvalue weighted by Gasteiger charge is 2.27. The lowest BCUT2D eigenvalue weighted by Gasteiger charge is -2.32. The van der Waals surface area contributed by atoms with Gasteiger partial charge in [0, 0.05) is 40.3 Å². The third-order valence-corrected chi connectivity index (χ3v) is 2.95. The molecule has 8 heteroatoms. The zero-order chi connectivity index (χ0) is 14.4. The number of ether oxygens (including phenoxy) is 1. The molecule has 3 amide bonds. The number of aliphatic carboxylic acids is 1. The Morgan fingerprint density at radius 2 is 2.16 bits per heavy atom. The second-order valence-electron chi connectivity index (χ2n) is 4.36. The van der Waals surface area contributed by atoms with E-state index in [9.17, 15) is 14.4 Å². The summed E-state index contributed by atoms with van der Waals surface area (Å²) in [6.07, 6.45) is 0.180. The van der Waals surface area contributed by atoms with E-state index in [4.69, 9.17) is 9.84 Å². The number of carboxylic acids is 1. The molecular formula is C11H19N3O5. The first-order valence-corrected chi connectivity index (χ1v) is 5.97. The fourth-order valence-electron chi connectivity index (χ4n) is 1.67. The molecule has 2 N–H and O–H groups in total. The summed E-state index contributed by atoms with van der Waals surface area (Å²) in [7, 11) is 3.12. The van der Waals surface area contributed by atoms with E-state index >= 15 is 0 Å². The van der Waals surface area contributed by atoms with Gasteiger partial charge in [0.2, 0.25) is 5.91 Å². The van der Waals surface area contributed by atoms with Crippen LogP contribution in [0.15, 0.2) is 0 Å². The van der Waals surface area contributed by atoms with Gasteiger partial charge in [0.15, 0.2) is 0 Å². The number of carbonyl (C=O) groups excluding carboxylic acids is 2. The van der Waals surface area contributed by atoms with E-state index in [1.165, 1.54) is 16.9 Å². The molecule has 0 aromatic rings. The zero-order valence-electron chi connectivity index (χ0n) is 11.1. The number of nitrogens with one attached hydrogen (secondary N) is 1. The van der Waals surface area contributed by atoms with E-state index in [0.717, 1.165) is 0 Å². The van der Waals surface area contributed by atoms with Crippen LogP contribution in [0, 0.1) is 0 Å². The molecule has 0 radical (unpaired) electrons. The van der Waals surface area contributed by atoms with Crippen LogP contribution >= 0.6 is 0 Å². The van der Waals surface area contributed by atoms with E-state index in [1.807, 2.05) is 0 Å². The summed E-state index contributed by atoms with van der Waals surface area (Å²) < 4.78 is 4.79. The fraction of sp³-hybridized carbons (Fsp3) is 0.727. The van der Waals surface area contributed by atoms with Gasteiger partial charge in [-0.2, -0.15) is 0 Å². The second-order valence-corrected chi connectivity index (χ2v) is 4.36. The number of hydrogen-bond donors (Lipinski definition) is 2. The number of nitrogens with zero attached hydrogens (tertiary/aromatic N) is 2. The Balaban J connectivity index is 2.52. The lowest BCUT2D eigenvalue weighted by molar-refractivity contribution is -0.139. The molecular weight excluding hydrogens is 254 g/mol. The van der Waals surface area contributed by atoms with Crippen LogP contribution in [0.1, 0.15) is 6.42 Å². The van der Waals surface area contributed by atoms with Gasteiger partial charge in [-0.3, -0.25) is 4.79 Å². The molecule has 0 aromatic heterocycles. The van der Waals surface area contributed by atoms with Crippen molar-refractivity contribution in [2.24, 2.45) is 0 Å². The van der Waals surface area contributed by atoms with Crippen molar-refractivity contribution in [1.29, 1.82) is 0 Å². The van der Waals surface area contributed by atoms with Gasteiger partial charge in [-0.15, -0.1) is 0 Å². The molecule has 8 nitrogen and oxygen atoms in total. The van der Waals surface area contributed by atoms with Gasteiger partial charge in [-0.05, 0) is 0 Å². The van der Waals surface area contributed by atoms with Gasteiger partial charge >= 0.3 is 12.0 Å². The third-order valence-electron chi connectivity index (χ3n) is 2.95. The Kier molecular flexibility index (Phi) is 5.56. The Hall–Kier alpha value is -1.83. The lowest BCUT2D eigenvalue weighted by atomic mass is 10.2. The summed E-state index contributed by atoms with van der Waals surface area (Å²) in [6, 6.07) is -1.55. The van der Waals surface area contributed by atoms with Gasteiger partial charge < -0.3 is 25.0 Å². The summed E-state index contributed by atoms with van der Waals surface area (Å²) >= 11 is 0. The normalized spacial score (nSPS) is 17.3. The number of carbonyl (C=O) groups is 3. The first-order chi connectivity index (χ1) is 8.95. The minimum atomic E-state index is -1.12. The van der Waals surface area contributed by atoms with Crippen LogP contribution < -0.4 is 5.32 Å². The van der Waals surface area contributed by atoms with Crippen LogP contribution in [-0.4, -0.2) is 79.3 Å². The van der Waals surface area contributed by atoms with Gasteiger partial charge in [-0.25, -0.2) is 9.59 Å². The number of amides is 3. The monoisotopic (exact) mass is 273 g/mol. The number of piperazine rings is 1. The van der Waals surface area contributed by atoms with Crippen molar-refractivity contribution < 1.29 is 24.2 Å². The average Bonchev–Trinajstić information content (AvgIpc) is 2.37. The summed E-state index contributed by atoms with van der Waals surface area (Å²) in [5, 5.41) is 11.4. The molecule has 1 unspecified atom stereocenters. The standard InChI is InChI=1S/C11H19N3O5/c1-13-4-5-14(7-9(13)15)11(18)12-8(10(16)17)3-6-19-2/h8H,3-7H2,1-2H3,(H,12,18)(H,16,17). The maximum Gasteiger partial charge on any atom is 0.326 e. The molecule has 0 bridgehead atoms. The van der Waals surface area contributed by atoms with Crippen LogP contribution in [0.5, 0.6) is 0 Å². The Bertz CT molecular complexity index is 360. The van der Waals surface area contributed by atoms with E-state index in [-0.39, 0.29) is 25.5 Å². The van der Waals surface area contributed by atoms with Gasteiger partial charge in [0.25, 0.3) is 0 Å². The number of likely N-dealkylation sites (N-methyl/N-ethyl adjacent to an activating group) is 1. The van der Waals surface area contributed by atoms with Crippen molar-refractivity contribution in [3.8, 4) is 0 Å². The third kappa shape index (κ3) is 4.40. The summed E-state index contributed by atoms with van der Waals surface area (Å²) in [6.45, 7) is 1.05.